The Hall–Kier alpha value is -1.89. The lowest BCUT2D eigenvalue weighted by molar-refractivity contribution is 0.400. The number of rotatable bonds is 4. The molecule has 1 heterocycles. The van der Waals surface area contributed by atoms with Crippen LogP contribution in [0.25, 0.3) is 0 Å². The van der Waals surface area contributed by atoms with Crippen LogP contribution in [-0.2, 0) is 6.42 Å². The molecule has 1 aromatic carbocycles. The van der Waals surface area contributed by atoms with E-state index >= 15 is 0 Å². The Morgan fingerprint density at radius 1 is 1.17 bits per heavy atom. The van der Waals surface area contributed by atoms with Gasteiger partial charge in [-0.15, -0.1) is 0 Å². The van der Waals surface area contributed by atoms with Crippen LogP contribution in [0.3, 0.4) is 0 Å². The van der Waals surface area contributed by atoms with Gasteiger partial charge in [0.2, 0.25) is 0 Å². The number of nitriles is 1. The molecule has 0 unspecified atom stereocenters. The molecule has 1 aliphatic heterocycles. The number of ether oxygens (including phenoxy) is 2. The third kappa shape index (κ3) is 2.35. The highest BCUT2D eigenvalue weighted by molar-refractivity contribution is 5.64. The average molecular weight is 246 g/mol. The molecule has 1 aromatic rings. The summed E-state index contributed by atoms with van der Waals surface area (Å²) in [7, 11) is 3.30. The van der Waals surface area contributed by atoms with Crippen LogP contribution in [-0.4, -0.2) is 27.3 Å². The minimum Gasteiger partial charge on any atom is -0.496 e. The fourth-order valence-electron chi connectivity index (χ4n) is 2.37. The lowest BCUT2D eigenvalue weighted by atomic mass is 10.1. The SMILES string of the molecule is COc1cc(N2CCCC2)c(OC)cc1CC#N. The molecule has 0 bridgehead atoms. The number of hydrogen-bond donors (Lipinski definition) is 0. The van der Waals surface area contributed by atoms with Crippen molar-refractivity contribution in [3.8, 4) is 17.6 Å². The van der Waals surface area contributed by atoms with Crippen molar-refractivity contribution in [3.05, 3.63) is 17.7 Å². The summed E-state index contributed by atoms with van der Waals surface area (Å²) >= 11 is 0. The number of anilines is 1. The van der Waals surface area contributed by atoms with Gasteiger partial charge in [0.05, 0.1) is 32.4 Å². The zero-order valence-corrected chi connectivity index (χ0v) is 10.9. The molecule has 96 valence electrons. The number of benzene rings is 1. The summed E-state index contributed by atoms with van der Waals surface area (Å²) in [5.41, 5.74) is 1.94. The van der Waals surface area contributed by atoms with Gasteiger partial charge in [-0.25, -0.2) is 0 Å². The van der Waals surface area contributed by atoms with Crippen molar-refractivity contribution in [1.29, 1.82) is 5.26 Å². The first-order valence-corrected chi connectivity index (χ1v) is 6.17. The van der Waals surface area contributed by atoms with Crippen molar-refractivity contribution in [2.75, 3.05) is 32.2 Å². The van der Waals surface area contributed by atoms with Crippen molar-refractivity contribution in [1.82, 2.24) is 0 Å². The van der Waals surface area contributed by atoms with Gasteiger partial charge in [-0.2, -0.15) is 5.26 Å². The Kier molecular flexibility index (Phi) is 3.93. The highest BCUT2D eigenvalue weighted by Gasteiger charge is 2.19. The molecule has 4 nitrogen and oxygen atoms in total. The van der Waals surface area contributed by atoms with Crippen LogP contribution in [0.4, 0.5) is 5.69 Å². The predicted octanol–water partition coefficient (Wildman–Crippen LogP) is 2.37. The van der Waals surface area contributed by atoms with Gasteiger partial charge in [-0.1, -0.05) is 0 Å². The van der Waals surface area contributed by atoms with Gasteiger partial charge in [0.1, 0.15) is 11.5 Å². The van der Waals surface area contributed by atoms with E-state index in [1.807, 2.05) is 12.1 Å². The molecule has 18 heavy (non-hydrogen) atoms. The smallest absolute Gasteiger partial charge is 0.142 e. The Morgan fingerprint density at radius 3 is 2.39 bits per heavy atom. The monoisotopic (exact) mass is 246 g/mol. The molecule has 1 fully saturated rings. The molecule has 0 radical (unpaired) electrons. The Labute approximate surface area is 108 Å². The summed E-state index contributed by atoms with van der Waals surface area (Å²) in [6.07, 6.45) is 2.76. The molecule has 0 spiro atoms. The molecule has 0 N–H and O–H groups in total. The fourth-order valence-corrected chi connectivity index (χ4v) is 2.37. The molecule has 1 aliphatic rings. The van der Waals surface area contributed by atoms with E-state index in [0.29, 0.717) is 6.42 Å². The summed E-state index contributed by atoms with van der Waals surface area (Å²) < 4.78 is 10.8. The van der Waals surface area contributed by atoms with Crippen LogP contribution >= 0.6 is 0 Å². The quantitative estimate of drug-likeness (QED) is 0.818. The molecule has 0 amide bonds. The number of hydrogen-bond acceptors (Lipinski definition) is 4. The largest absolute Gasteiger partial charge is 0.496 e. The van der Waals surface area contributed by atoms with E-state index in [1.54, 1.807) is 14.2 Å². The normalized spacial score (nSPS) is 14.4. The summed E-state index contributed by atoms with van der Waals surface area (Å²) in [6, 6.07) is 6.05. The Bertz CT molecular complexity index is 460. The standard InChI is InChI=1S/C14H18N2O2/c1-17-13-10-12(16-7-3-4-8-16)14(18-2)9-11(13)5-6-15/h9-10H,3-5,7-8H2,1-2H3. The van der Waals surface area contributed by atoms with Gasteiger partial charge >= 0.3 is 0 Å². The maximum absolute atomic E-state index is 8.83. The van der Waals surface area contributed by atoms with E-state index in [1.165, 1.54) is 12.8 Å². The molecule has 0 aliphatic carbocycles. The summed E-state index contributed by atoms with van der Waals surface area (Å²) in [4.78, 5) is 2.30. The minimum absolute atomic E-state index is 0.333. The molecule has 0 aromatic heterocycles. The van der Waals surface area contributed by atoms with Crippen molar-refractivity contribution in [2.24, 2.45) is 0 Å². The van der Waals surface area contributed by atoms with E-state index in [-0.39, 0.29) is 0 Å². The topological polar surface area (TPSA) is 45.5 Å². The summed E-state index contributed by atoms with van der Waals surface area (Å²) in [5, 5.41) is 8.83. The van der Waals surface area contributed by atoms with E-state index in [0.717, 1.165) is 35.8 Å². The van der Waals surface area contributed by atoms with Crippen molar-refractivity contribution in [2.45, 2.75) is 19.3 Å². The molecule has 4 heteroatoms. The maximum atomic E-state index is 8.83. The van der Waals surface area contributed by atoms with Crippen LogP contribution in [0.2, 0.25) is 0 Å². The van der Waals surface area contributed by atoms with E-state index < -0.39 is 0 Å². The van der Waals surface area contributed by atoms with E-state index in [4.69, 9.17) is 14.7 Å². The Balaban J connectivity index is 2.42. The number of nitrogens with zero attached hydrogens (tertiary/aromatic N) is 2. The second kappa shape index (κ2) is 5.63. The molecular weight excluding hydrogens is 228 g/mol. The van der Waals surface area contributed by atoms with Crippen LogP contribution in [0, 0.1) is 11.3 Å². The lowest BCUT2D eigenvalue weighted by Crippen LogP contribution is -2.18. The Morgan fingerprint density at radius 2 is 1.83 bits per heavy atom. The molecule has 0 saturated carbocycles. The van der Waals surface area contributed by atoms with E-state index in [2.05, 4.69) is 11.0 Å². The molecule has 1 saturated heterocycles. The average Bonchev–Trinajstić information content (AvgIpc) is 2.92. The van der Waals surface area contributed by atoms with Crippen LogP contribution < -0.4 is 14.4 Å². The fraction of sp³-hybridized carbons (Fsp3) is 0.500. The van der Waals surface area contributed by atoms with Crippen molar-refractivity contribution < 1.29 is 9.47 Å². The predicted molar refractivity (Wildman–Crippen MR) is 70.3 cm³/mol. The van der Waals surface area contributed by atoms with Crippen LogP contribution in [0.5, 0.6) is 11.5 Å². The third-order valence-corrected chi connectivity index (χ3v) is 3.30. The first-order valence-electron chi connectivity index (χ1n) is 6.17. The van der Waals surface area contributed by atoms with Gasteiger partial charge in [-0.3, -0.25) is 0 Å². The third-order valence-electron chi connectivity index (χ3n) is 3.30. The zero-order valence-electron chi connectivity index (χ0n) is 10.9. The van der Waals surface area contributed by atoms with Gasteiger partial charge in [0.25, 0.3) is 0 Å². The van der Waals surface area contributed by atoms with Crippen LogP contribution in [0.15, 0.2) is 12.1 Å². The van der Waals surface area contributed by atoms with Gasteiger partial charge in [-0.05, 0) is 18.9 Å². The van der Waals surface area contributed by atoms with Gasteiger partial charge in [0.15, 0.2) is 0 Å². The zero-order chi connectivity index (χ0) is 13.0. The van der Waals surface area contributed by atoms with Gasteiger partial charge < -0.3 is 14.4 Å². The maximum Gasteiger partial charge on any atom is 0.142 e. The highest BCUT2D eigenvalue weighted by Crippen LogP contribution is 2.37. The van der Waals surface area contributed by atoms with Crippen LogP contribution in [0.1, 0.15) is 18.4 Å². The second-order valence-electron chi connectivity index (χ2n) is 4.36. The molecule has 0 atom stereocenters. The second-order valence-corrected chi connectivity index (χ2v) is 4.36. The summed E-state index contributed by atoms with van der Waals surface area (Å²) in [5.74, 6) is 1.59. The van der Waals surface area contributed by atoms with Crippen molar-refractivity contribution >= 4 is 5.69 Å². The lowest BCUT2D eigenvalue weighted by Gasteiger charge is -2.22. The first-order chi connectivity index (χ1) is 8.80. The van der Waals surface area contributed by atoms with Crippen molar-refractivity contribution in [3.63, 3.8) is 0 Å². The first kappa shape index (κ1) is 12.6. The summed E-state index contributed by atoms with van der Waals surface area (Å²) in [6.45, 7) is 2.11. The minimum atomic E-state index is 0.333. The van der Waals surface area contributed by atoms with E-state index in [9.17, 15) is 0 Å². The molecular formula is C14H18N2O2. The molecule has 2 rings (SSSR count). The number of methoxy groups -OCH3 is 2. The highest BCUT2D eigenvalue weighted by atomic mass is 16.5. The van der Waals surface area contributed by atoms with Gasteiger partial charge in [0, 0.05) is 24.7 Å².